The lowest BCUT2D eigenvalue weighted by molar-refractivity contribution is -0.113. The van der Waals surface area contributed by atoms with Gasteiger partial charge in [-0.25, -0.2) is 4.98 Å². The summed E-state index contributed by atoms with van der Waals surface area (Å²) < 4.78 is 7.30. The molecule has 0 saturated carbocycles. The van der Waals surface area contributed by atoms with Crippen molar-refractivity contribution in [3.8, 4) is 5.75 Å². The number of aromatic nitrogens is 4. The Balaban J connectivity index is 1.55. The third-order valence-electron chi connectivity index (χ3n) is 4.38. The highest BCUT2D eigenvalue weighted by Gasteiger charge is 2.15. The number of para-hydroxylation sites is 3. The fraction of sp³-hybridized carbons (Fsp3) is 0.143. The van der Waals surface area contributed by atoms with Crippen molar-refractivity contribution in [1.29, 1.82) is 0 Å². The molecular formula is C21H19N5O2S. The predicted octanol–water partition coefficient (Wildman–Crippen LogP) is 3.90. The first kappa shape index (κ1) is 18.9. The molecule has 0 aliphatic carbocycles. The Morgan fingerprint density at radius 1 is 1.21 bits per heavy atom. The summed E-state index contributed by atoms with van der Waals surface area (Å²) in [5, 5.41) is 12.8. The molecule has 0 aliphatic heterocycles. The molecule has 4 rings (SSSR count). The molecule has 4 aromatic rings. The molecular weight excluding hydrogens is 386 g/mol. The van der Waals surface area contributed by atoms with Crippen molar-refractivity contribution in [1.82, 2.24) is 19.7 Å². The Kier molecular flexibility index (Phi) is 5.44. The number of nitrogens with zero attached hydrogens (tertiary/aromatic N) is 4. The van der Waals surface area contributed by atoms with E-state index in [1.807, 2.05) is 47.0 Å². The van der Waals surface area contributed by atoms with Crippen LogP contribution in [-0.4, -0.2) is 38.5 Å². The van der Waals surface area contributed by atoms with E-state index in [9.17, 15) is 4.79 Å². The molecule has 7 nitrogen and oxygen atoms in total. The van der Waals surface area contributed by atoms with Crippen molar-refractivity contribution in [2.24, 2.45) is 0 Å². The maximum atomic E-state index is 12.3. The molecule has 29 heavy (non-hydrogen) atoms. The predicted molar refractivity (Wildman–Crippen MR) is 115 cm³/mol. The van der Waals surface area contributed by atoms with Crippen molar-refractivity contribution in [3.05, 3.63) is 61.2 Å². The number of methoxy groups -OCH3 is 1. The molecule has 0 saturated heterocycles. The summed E-state index contributed by atoms with van der Waals surface area (Å²) in [5.74, 6) is 0.598. The van der Waals surface area contributed by atoms with Gasteiger partial charge in [-0.15, -0.1) is 16.8 Å². The van der Waals surface area contributed by atoms with Gasteiger partial charge in [-0.2, -0.15) is 0 Å². The lowest BCUT2D eigenvalue weighted by atomic mass is 10.2. The molecule has 0 unspecified atom stereocenters. The third kappa shape index (κ3) is 3.79. The van der Waals surface area contributed by atoms with Gasteiger partial charge in [0.25, 0.3) is 0 Å². The summed E-state index contributed by atoms with van der Waals surface area (Å²) in [6.45, 7) is 4.44. The van der Waals surface area contributed by atoms with Crippen molar-refractivity contribution in [2.75, 3.05) is 18.2 Å². The van der Waals surface area contributed by atoms with Gasteiger partial charge in [-0.05, 0) is 18.2 Å². The van der Waals surface area contributed by atoms with Gasteiger partial charge in [0.05, 0.1) is 24.1 Å². The molecule has 146 valence electrons. The lowest BCUT2D eigenvalue weighted by Gasteiger charge is -2.09. The number of fused-ring (bicyclic) bond motifs is 3. The third-order valence-corrected chi connectivity index (χ3v) is 5.22. The summed E-state index contributed by atoms with van der Waals surface area (Å²) in [4.78, 5) is 17.0. The van der Waals surface area contributed by atoms with Crippen molar-refractivity contribution >= 4 is 45.4 Å². The Bertz CT molecular complexity index is 1200. The maximum Gasteiger partial charge on any atom is 0.234 e. The Morgan fingerprint density at radius 3 is 2.83 bits per heavy atom. The number of ether oxygens (including phenoxy) is 1. The Hall–Kier alpha value is -3.39. The van der Waals surface area contributed by atoms with Crippen LogP contribution in [0.1, 0.15) is 0 Å². The second kappa shape index (κ2) is 8.32. The average Bonchev–Trinajstić information content (AvgIpc) is 3.06. The number of benzene rings is 2. The highest BCUT2D eigenvalue weighted by molar-refractivity contribution is 7.99. The molecule has 0 spiro atoms. The van der Waals surface area contributed by atoms with Crippen molar-refractivity contribution in [2.45, 2.75) is 11.7 Å². The quantitative estimate of drug-likeness (QED) is 0.371. The lowest BCUT2D eigenvalue weighted by Crippen LogP contribution is -2.15. The van der Waals surface area contributed by atoms with Gasteiger partial charge >= 0.3 is 0 Å². The number of thioether (sulfide) groups is 1. The molecule has 1 amide bonds. The van der Waals surface area contributed by atoms with Crippen LogP contribution in [0.15, 0.2) is 66.3 Å². The zero-order valence-electron chi connectivity index (χ0n) is 15.8. The minimum atomic E-state index is -0.171. The standard InChI is InChI=1S/C21H19N5O2S/c1-3-12-26-16-10-6-4-8-14(16)19-20(26)23-21(25-24-19)29-13-18(27)22-15-9-5-7-11-17(15)28-2/h3-11H,1,12-13H2,2H3,(H,22,27). The molecule has 0 aliphatic rings. The van der Waals surface area contributed by atoms with Gasteiger partial charge in [0.15, 0.2) is 5.65 Å². The van der Waals surface area contributed by atoms with Crippen LogP contribution in [-0.2, 0) is 11.3 Å². The van der Waals surface area contributed by atoms with E-state index < -0.39 is 0 Å². The summed E-state index contributed by atoms with van der Waals surface area (Å²) >= 11 is 1.24. The summed E-state index contributed by atoms with van der Waals surface area (Å²) in [5.41, 5.74) is 3.13. The van der Waals surface area contributed by atoms with E-state index in [0.29, 0.717) is 23.1 Å². The molecule has 1 N–H and O–H groups in total. The van der Waals surface area contributed by atoms with Crippen molar-refractivity contribution in [3.63, 3.8) is 0 Å². The first-order chi connectivity index (χ1) is 14.2. The highest BCUT2D eigenvalue weighted by atomic mass is 32.2. The molecule has 0 bridgehead atoms. The number of allylic oxidation sites excluding steroid dienone is 1. The molecule has 8 heteroatoms. The first-order valence-electron chi connectivity index (χ1n) is 8.99. The zero-order chi connectivity index (χ0) is 20.2. The number of carbonyl (C=O) groups is 1. The summed E-state index contributed by atoms with van der Waals surface area (Å²) in [6, 6.07) is 15.2. The van der Waals surface area contributed by atoms with Crippen LogP contribution in [0.2, 0.25) is 0 Å². The molecule has 2 aromatic heterocycles. The monoisotopic (exact) mass is 405 g/mol. The minimum absolute atomic E-state index is 0.160. The topological polar surface area (TPSA) is 81.9 Å². The fourth-order valence-corrected chi connectivity index (χ4v) is 3.71. The number of carbonyl (C=O) groups excluding carboxylic acids is 1. The van der Waals surface area contributed by atoms with Crippen molar-refractivity contribution < 1.29 is 9.53 Å². The minimum Gasteiger partial charge on any atom is -0.495 e. The van der Waals surface area contributed by atoms with Crippen LogP contribution < -0.4 is 10.1 Å². The van der Waals surface area contributed by atoms with Crippen LogP contribution in [0.5, 0.6) is 5.75 Å². The number of hydrogen-bond acceptors (Lipinski definition) is 6. The van der Waals surface area contributed by atoms with Crippen LogP contribution in [0, 0.1) is 0 Å². The molecule has 0 fully saturated rings. The van der Waals surface area contributed by atoms with Gasteiger partial charge in [0.2, 0.25) is 11.1 Å². The van der Waals surface area contributed by atoms with E-state index in [4.69, 9.17) is 4.74 Å². The summed E-state index contributed by atoms with van der Waals surface area (Å²) in [6.07, 6.45) is 1.82. The van der Waals surface area contributed by atoms with Gasteiger partial charge < -0.3 is 14.6 Å². The average molecular weight is 405 g/mol. The number of hydrogen-bond donors (Lipinski definition) is 1. The van der Waals surface area contributed by atoms with Crippen LogP contribution in [0.3, 0.4) is 0 Å². The number of nitrogens with one attached hydrogen (secondary N) is 1. The van der Waals surface area contributed by atoms with E-state index in [1.54, 1.807) is 19.2 Å². The van der Waals surface area contributed by atoms with Crippen LogP contribution in [0.4, 0.5) is 5.69 Å². The number of anilines is 1. The van der Waals surface area contributed by atoms with Crippen LogP contribution >= 0.6 is 11.8 Å². The van der Waals surface area contributed by atoms with Gasteiger partial charge in [0, 0.05) is 11.9 Å². The number of rotatable bonds is 7. The van der Waals surface area contributed by atoms with E-state index in [2.05, 4.69) is 27.1 Å². The highest BCUT2D eigenvalue weighted by Crippen LogP contribution is 2.27. The zero-order valence-corrected chi connectivity index (χ0v) is 16.6. The molecule has 2 aromatic carbocycles. The smallest absolute Gasteiger partial charge is 0.234 e. The second-order valence-electron chi connectivity index (χ2n) is 6.22. The second-order valence-corrected chi connectivity index (χ2v) is 7.16. The van der Waals surface area contributed by atoms with E-state index in [0.717, 1.165) is 22.1 Å². The first-order valence-corrected chi connectivity index (χ1v) is 9.98. The van der Waals surface area contributed by atoms with Gasteiger partial charge in [0.1, 0.15) is 11.3 Å². The van der Waals surface area contributed by atoms with E-state index in [1.165, 1.54) is 11.8 Å². The Morgan fingerprint density at radius 2 is 2.00 bits per heavy atom. The van der Waals surface area contributed by atoms with E-state index in [-0.39, 0.29) is 11.7 Å². The normalized spacial score (nSPS) is 10.9. The molecule has 2 heterocycles. The van der Waals surface area contributed by atoms with E-state index >= 15 is 0 Å². The molecule has 0 atom stereocenters. The van der Waals surface area contributed by atoms with Gasteiger partial charge in [-0.1, -0.05) is 48.2 Å². The molecule has 0 radical (unpaired) electrons. The fourth-order valence-electron chi connectivity index (χ4n) is 3.13. The Labute approximate surface area is 171 Å². The largest absolute Gasteiger partial charge is 0.495 e. The maximum absolute atomic E-state index is 12.3. The van der Waals surface area contributed by atoms with Gasteiger partial charge in [-0.3, -0.25) is 4.79 Å². The summed E-state index contributed by atoms with van der Waals surface area (Å²) in [7, 11) is 1.57. The van der Waals surface area contributed by atoms with Crippen LogP contribution in [0.25, 0.3) is 22.1 Å². The number of amides is 1. The SMILES string of the molecule is C=CCn1c2ccccc2c2nnc(SCC(=O)Nc3ccccc3OC)nc21.